The van der Waals surface area contributed by atoms with Crippen LogP contribution in [0.4, 0.5) is 14.5 Å². The number of anilines is 1. The summed E-state index contributed by atoms with van der Waals surface area (Å²) in [5.41, 5.74) is 1.60. The summed E-state index contributed by atoms with van der Waals surface area (Å²) in [5.74, 6) is -0.882. The largest absolute Gasteiger partial charge is 0.588 e. The summed E-state index contributed by atoms with van der Waals surface area (Å²) in [4.78, 5) is 14.7. The minimum absolute atomic E-state index is 0.124. The Labute approximate surface area is 187 Å². The van der Waals surface area contributed by atoms with Crippen LogP contribution < -0.4 is 14.4 Å². The maximum Gasteiger partial charge on any atom is 0.328 e. The molecule has 1 aliphatic rings. The van der Waals surface area contributed by atoms with Crippen molar-refractivity contribution in [3.05, 3.63) is 53.5 Å². The molecule has 1 N–H and O–H groups in total. The molecule has 0 radical (unpaired) electrons. The number of hydrogen-bond donors (Lipinski definition) is 1. The zero-order valence-corrected chi connectivity index (χ0v) is 18.8. The van der Waals surface area contributed by atoms with Gasteiger partial charge in [-0.3, -0.25) is 4.79 Å². The van der Waals surface area contributed by atoms with E-state index in [1.54, 1.807) is 23.1 Å². The van der Waals surface area contributed by atoms with Crippen molar-refractivity contribution in [1.29, 1.82) is 0 Å². The number of hydrogen-bond acceptors (Lipinski definition) is 5. The molecule has 0 bridgehead atoms. The monoisotopic (exact) mass is 462 g/mol. The second kappa shape index (κ2) is 8.99. The Morgan fingerprint density at radius 1 is 1.31 bits per heavy atom. The maximum absolute atomic E-state index is 14.5. The number of amides is 1. The Morgan fingerprint density at radius 2 is 2.06 bits per heavy atom. The van der Waals surface area contributed by atoms with Gasteiger partial charge in [0, 0.05) is 23.9 Å². The third kappa shape index (κ3) is 4.40. The second-order valence-corrected chi connectivity index (χ2v) is 9.13. The van der Waals surface area contributed by atoms with Gasteiger partial charge in [0.1, 0.15) is 28.9 Å². The highest BCUT2D eigenvalue weighted by atomic mass is 32.2. The fourth-order valence-electron chi connectivity index (χ4n) is 3.51. The quantitative estimate of drug-likeness (QED) is 0.515. The number of rotatable bonds is 7. The third-order valence-electron chi connectivity index (χ3n) is 5.32. The molecule has 2 aromatic carbocycles. The minimum atomic E-state index is -1.92. The van der Waals surface area contributed by atoms with Gasteiger partial charge in [0.25, 0.3) is 0 Å². The summed E-state index contributed by atoms with van der Waals surface area (Å²) in [6, 6.07) is 9.48. The number of ether oxygens (including phenoxy) is 1. The van der Waals surface area contributed by atoms with E-state index in [0.29, 0.717) is 22.9 Å². The number of benzene rings is 2. The van der Waals surface area contributed by atoms with E-state index in [-0.39, 0.29) is 35.7 Å². The van der Waals surface area contributed by atoms with Crippen LogP contribution in [0.3, 0.4) is 0 Å². The standard InChI is InChI=1S/C23H24F2N2O4S/c1-4-30-19-6-5-14(13(2)3)7-22(19)32(29)26-23(28)21-10-17-18(25)8-16(9-20(17)31-21)27-11-15(24)12-27/h5-10,13,15H,4,11-12H2,1-3H3,(H,26,28). The van der Waals surface area contributed by atoms with Crippen molar-refractivity contribution < 1.29 is 27.3 Å². The van der Waals surface area contributed by atoms with Crippen LogP contribution in [0.5, 0.6) is 5.75 Å². The molecule has 0 spiro atoms. The van der Waals surface area contributed by atoms with Gasteiger partial charge in [-0.1, -0.05) is 19.9 Å². The van der Waals surface area contributed by atoms with Crippen molar-refractivity contribution in [2.75, 3.05) is 24.6 Å². The summed E-state index contributed by atoms with van der Waals surface area (Å²) in [7, 11) is 0. The Balaban J connectivity index is 1.57. The molecule has 4 rings (SSSR count). The lowest BCUT2D eigenvalue weighted by molar-refractivity contribution is 0.0956. The first-order chi connectivity index (χ1) is 15.3. The second-order valence-electron chi connectivity index (χ2n) is 7.95. The number of alkyl halides is 1. The molecule has 0 aliphatic carbocycles. The van der Waals surface area contributed by atoms with Gasteiger partial charge in [0.2, 0.25) is 4.90 Å². The molecule has 32 heavy (non-hydrogen) atoms. The van der Waals surface area contributed by atoms with Gasteiger partial charge in [-0.25, -0.2) is 8.78 Å². The van der Waals surface area contributed by atoms with Crippen LogP contribution >= 0.6 is 0 Å². The summed E-state index contributed by atoms with van der Waals surface area (Å²) in [6.45, 7) is 6.58. The topological polar surface area (TPSA) is 77.8 Å². The highest BCUT2D eigenvalue weighted by Crippen LogP contribution is 2.32. The molecule has 1 aromatic heterocycles. The van der Waals surface area contributed by atoms with Crippen LogP contribution in [-0.2, 0) is 11.4 Å². The molecule has 1 aliphatic heterocycles. The van der Waals surface area contributed by atoms with E-state index in [1.165, 1.54) is 12.1 Å². The van der Waals surface area contributed by atoms with E-state index in [1.807, 2.05) is 26.8 Å². The van der Waals surface area contributed by atoms with E-state index >= 15 is 0 Å². The highest BCUT2D eigenvalue weighted by molar-refractivity contribution is 7.90. The van der Waals surface area contributed by atoms with Crippen LogP contribution in [0.1, 0.15) is 42.8 Å². The molecule has 3 aromatic rings. The first-order valence-electron chi connectivity index (χ1n) is 10.4. The SMILES string of the molecule is CCOc1ccc(C(C)C)cc1[S+]([O-])NC(=O)c1cc2c(F)cc(N3CC(F)C3)cc2o1. The maximum atomic E-state index is 14.5. The Hall–Kier alpha value is -2.78. The average Bonchev–Trinajstić information content (AvgIpc) is 3.16. The minimum Gasteiger partial charge on any atom is -0.588 e. The fraction of sp³-hybridized carbons (Fsp3) is 0.348. The number of halogens is 2. The smallest absolute Gasteiger partial charge is 0.328 e. The van der Waals surface area contributed by atoms with Gasteiger partial charge in [0.15, 0.2) is 11.5 Å². The van der Waals surface area contributed by atoms with Crippen molar-refractivity contribution in [2.24, 2.45) is 0 Å². The average molecular weight is 463 g/mol. The first-order valence-corrected chi connectivity index (χ1v) is 11.5. The molecule has 9 heteroatoms. The van der Waals surface area contributed by atoms with Crippen molar-refractivity contribution >= 4 is 33.9 Å². The van der Waals surface area contributed by atoms with Crippen LogP contribution in [-0.4, -0.2) is 36.3 Å². The number of carbonyl (C=O) groups is 1. The lowest BCUT2D eigenvalue weighted by Gasteiger charge is -2.36. The summed E-state index contributed by atoms with van der Waals surface area (Å²) < 4.78 is 54.1. The molecule has 2 heterocycles. The Kier molecular flexibility index (Phi) is 6.30. The summed E-state index contributed by atoms with van der Waals surface area (Å²) in [6.07, 6.45) is -0.933. The number of carbonyl (C=O) groups excluding carboxylic acids is 1. The van der Waals surface area contributed by atoms with E-state index in [4.69, 9.17) is 9.15 Å². The van der Waals surface area contributed by atoms with Gasteiger partial charge in [0.05, 0.1) is 25.1 Å². The van der Waals surface area contributed by atoms with E-state index in [0.717, 1.165) is 5.56 Å². The predicted octanol–water partition coefficient (Wildman–Crippen LogP) is 4.70. The van der Waals surface area contributed by atoms with Gasteiger partial charge in [-0.2, -0.15) is 4.72 Å². The number of furan rings is 1. The normalized spacial score (nSPS) is 15.2. The predicted molar refractivity (Wildman–Crippen MR) is 119 cm³/mol. The first kappa shape index (κ1) is 22.4. The van der Waals surface area contributed by atoms with Crippen LogP contribution in [0.2, 0.25) is 0 Å². The zero-order chi connectivity index (χ0) is 23.0. The number of nitrogens with zero attached hydrogens (tertiary/aromatic N) is 1. The van der Waals surface area contributed by atoms with Crippen LogP contribution in [0.15, 0.2) is 45.7 Å². The van der Waals surface area contributed by atoms with Crippen LogP contribution in [0.25, 0.3) is 11.0 Å². The Bertz CT molecular complexity index is 1140. The van der Waals surface area contributed by atoms with Crippen molar-refractivity contribution in [3.63, 3.8) is 0 Å². The summed E-state index contributed by atoms with van der Waals surface area (Å²) >= 11 is -1.92. The van der Waals surface area contributed by atoms with Gasteiger partial charge in [-0.15, -0.1) is 0 Å². The molecule has 1 amide bonds. The number of fused-ring (bicyclic) bond motifs is 1. The fourth-order valence-corrected chi connectivity index (χ4v) is 4.44. The lowest BCUT2D eigenvalue weighted by Crippen LogP contribution is -2.48. The molecule has 1 fully saturated rings. The van der Waals surface area contributed by atoms with Gasteiger partial charge >= 0.3 is 5.91 Å². The molecule has 1 atom stereocenters. The third-order valence-corrected chi connectivity index (χ3v) is 6.41. The van der Waals surface area contributed by atoms with E-state index in [2.05, 4.69) is 4.72 Å². The van der Waals surface area contributed by atoms with Crippen molar-refractivity contribution in [1.82, 2.24) is 4.72 Å². The molecular weight excluding hydrogens is 438 g/mol. The molecule has 1 unspecified atom stereocenters. The molecular formula is C23H24F2N2O4S. The van der Waals surface area contributed by atoms with E-state index in [9.17, 15) is 18.1 Å². The van der Waals surface area contributed by atoms with Crippen LogP contribution in [0, 0.1) is 5.82 Å². The zero-order valence-electron chi connectivity index (χ0n) is 18.0. The Morgan fingerprint density at radius 3 is 2.72 bits per heavy atom. The van der Waals surface area contributed by atoms with Gasteiger partial charge in [-0.05, 0) is 30.5 Å². The molecule has 0 saturated carbocycles. The summed E-state index contributed by atoms with van der Waals surface area (Å²) in [5, 5.41) is 0.124. The van der Waals surface area contributed by atoms with Gasteiger partial charge < -0.3 is 18.6 Å². The molecule has 1 saturated heterocycles. The van der Waals surface area contributed by atoms with Crippen molar-refractivity contribution in [2.45, 2.75) is 37.8 Å². The number of nitrogens with one attached hydrogen (secondary N) is 1. The van der Waals surface area contributed by atoms with E-state index < -0.39 is 29.3 Å². The van der Waals surface area contributed by atoms with Crippen molar-refractivity contribution in [3.8, 4) is 5.75 Å². The highest BCUT2D eigenvalue weighted by Gasteiger charge is 2.29. The molecule has 6 nitrogen and oxygen atoms in total. The molecule has 170 valence electrons. The lowest BCUT2D eigenvalue weighted by atomic mass is 10.0.